The fourth-order valence-corrected chi connectivity index (χ4v) is 1.69. The van der Waals surface area contributed by atoms with Crippen molar-refractivity contribution in [3.63, 3.8) is 0 Å². The van der Waals surface area contributed by atoms with Crippen LogP contribution in [-0.2, 0) is 0 Å². The van der Waals surface area contributed by atoms with E-state index in [2.05, 4.69) is 15.0 Å². The number of carbonyl (C=O) groups excluding carboxylic acids is 1. The molecule has 4 heteroatoms. The highest BCUT2D eigenvalue weighted by molar-refractivity contribution is 6.03. The Morgan fingerprint density at radius 1 is 1.20 bits per heavy atom. The van der Waals surface area contributed by atoms with E-state index < -0.39 is 0 Å². The summed E-state index contributed by atoms with van der Waals surface area (Å²) in [5.74, 6) is 0. The van der Waals surface area contributed by atoms with Gasteiger partial charge in [-0.05, 0) is 18.2 Å². The fourth-order valence-electron chi connectivity index (χ4n) is 1.69. The minimum Gasteiger partial charge on any atom is -0.344 e. The number of aldehydes is 1. The molecule has 0 saturated carbocycles. The van der Waals surface area contributed by atoms with Crippen LogP contribution in [0.2, 0.25) is 0 Å². The predicted molar refractivity (Wildman–Crippen MR) is 56.8 cm³/mol. The van der Waals surface area contributed by atoms with E-state index in [9.17, 15) is 4.79 Å². The van der Waals surface area contributed by atoms with Crippen LogP contribution in [0.4, 0.5) is 0 Å². The molecule has 4 nitrogen and oxygen atoms in total. The van der Waals surface area contributed by atoms with Crippen molar-refractivity contribution >= 4 is 28.2 Å². The molecule has 0 spiro atoms. The Balaban J connectivity index is 2.53. The van der Waals surface area contributed by atoms with E-state index in [1.807, 2.05) is 12.1 Å². The summed E-state index contributed by atoms with van der Waals surface area (Å²) in [7, 11) is 0. The Kier molecular flexibility index (Phi) is 1.56. The van der Waals surface area contributed by atoms with Crippen molar-refractivity contribution in [3.8, 4) is 0 Å². The van der Waals surface area contributed by atoms with E-state index in [1.54, 1.807) is 18.6 Å². The number of imidazole rings is 1. The SMILES string of the molecule is O=Cc1ccc2ncc3nc[nH]c3c2c1. The Labute approximate surface area is 85.0 Å². The third-order valence-corrected chi connectivity index (χ3v) is 2.42. The van der Waals surface area contributed by atoms with Gasteiger partial charge in [0, 0.05) is 10.9 Å². The van der Waals surface area contributed by atoms with E-state index in [0.717, 1.165) is 28.2 Å². The van der Waals surface area contributed by atoms with Crippen LogP contribution in [0, 0.1) is 0 Å². The molecule has 2 heterocycles. The van der Waals surface area contributed by atoms with Crippen molar-refractivity contribution in [2.24, 2.45) is 0 Å². The summed E-state index contributed by atoms with van der Waals surface area (Å²) in [4.78, 5) is 22.1. The van der Waals surface area contributed by atoms with Crippen molar-refractivity contribution in [1.82, 2.24) is 15.0 Å². The Bertz CT molecular complexity index is 657. The van der Waals surface area contributed by atoms with Gasteiger partial charge in [-0.15, -0.1) is 0 Å². The number of H-pyrrole nitrogens is 1. The number of aromatic nitrogens is 3. The van der Waals surface area contributed by atoms with Gasteiger partial charge in [0.1, 0.15) is 11.8 Å². The molecule has 0 unspecified atom stereocenters. The van der Waals surface area contributed by atoms with Crippen LogP contribution in [0.15, 0.2) is 30.7 Å². The first-order valence-electron chi connectivity index (χ1n) is 4.55. The second-order valence-corrected chi connectivity index (χ2v) is 3.32. The molecule has 72 valence electrons. The lowest BCUT2D eigenvalue weighted by atomic mass is 10.1. The molecule has 2 aromatic heterocycles. The normalized spacial score (nSPS) is 10.9. The number of fused-ring (bicyclic) bond motifs is 3. The average molecular weight is 197 g/mol. The second kappa shape index (κ2) is 2.88. The quantitative estimate of drug-likeness (QED) is 0.606. The molecule has 3 rings (SSSR count). The maximum Gasteiger partial charge on any atom is 0.150 e. The van der Waals surface area contributed by atoms with Crippen LogP contribution >= 0.6 is 0 Å². The molecule has 0 atom stereocenters. The molecule has 0 radical (unpaired) electrons. The molecule has 0 aliphatic rings. The smallest absolute Gasteiger partial charge is 0.150 e. The van der Waals surface area contributed by atoms with Gasteiger partial charge < -0.3 is 4.98 Å². The van der Waals surface area contributed by atoms with Gasteiger partial charge in [-0.1, -0.05) is 0 Å². The molecule has 0 fully saturated rings. The van der Waals surface area contributed by atoms with Gasteiger partial charge in [-0.2, -0.15) is 0 Å². The van der Waals surface area contributed by atoms with Crippen molar-refractivity contribution in [2.75, 3.05) is 0 Å². The molecule has 1 aromatic carbocycles. The Morgan fingerprint density at radius 2 is 2.13 bits per heavy atom. The van der Waals surface area contributed by atoms with Crippen molar-refractivity contribution in [1.29, 1.82) is 0 Å². The lowest BCUT2D eigenvalue weighted by molar-refractivity contribution is 0.112. The van der Waals surface area contributed by atoms with E-state index in [-0.39, 0.29) is 0 Å². The molecular formula is C11H7N3O. The molecule has 1 N–H and O–H groups in total. The topological polar surface area (TPSA) is 58.6 Å². The van der Waals surface area contributed by atoms with Gasteiger partial charge in [0.25, 0.3) is 0 Å². The number of benzene rings is 1. The number of hydrogen-bond donors (Lipinski definition) is 1. The predicted octanol–water partition coefficient (Wildman–Crippen LogP) is 1.92. The van der Waals surface area contributed by atoms with Crippen LogP contribution in [-0.4, -0.2) is 21.2 Å². The number of hydrogen-bond acceptors (Lipinski definition) is 3. The summed E-state index contributed by atoms with van der Waals surface area (Å²) >= 11 is 0. The van der Waals surface area contributed by atoms with Gasteiger partial charge in [0.2, 0.25) is 0 Å². The summed E-state index contributed by atoms with van der Waals surface area (Å²) in [5.41, 5.74) is 3.23. The third-order valence-electron chi connectivity index (χ3n) is 2.42. The van der Waals surface area contributed by atoms with E-state index >= 15 is 0 Å². The number of aromatic amines is 1. The summed E-state index contributed by atoms with van der Waals surface area (Å²) < 4.78 is 0. The lowest BCUT2D eigenvalue weighted by Crippen LogP contribution is -1.84. The zero-order valence-electron chi connectivity index (χ0n) is 7.77. The fraction of sp³-hybridized carbons (Fsp3) is 0. The van der Waals surface area contributed by atoms with Gasteiger partial charge in [0.05, 0.1) is 23.6 Å². The number of nitrogens with one attached hydrogen (secondary N) is 1. The van der Waals surface area contributed by atoms with E-state index in [1.165, 1.54) is 0 Å². The Hall–Kier alpha value is -2.23. The molecule has 15 heavy (non-hydrogen) atoms. The van der Waals surface area contributed by atoms with Crippen molar-refractivity contribution in [3.05, 3.63) is 36.3 Å². The van der Waals surface area contributed by atoms with Crippen LogP contribution in [0.1, 0.15) is 10.4 Å². The zero-order chi connectivity index (χ0) is 10.3. The van der Waals surface area contributed by atoms with Crippen LogP contribution in [0.3, 0.4) is 0 Å². The summed E-state index contributed by atoms with van der Waals surface area (Å²) in [5, 5.41) is 0.926. The average Bonchev–Trinajstić information content (AvgIpc) is 2.76. The van der Waals surface area contributed by atoms with Crippen molar-refractivity contribution < 1.29 is 4.79 Å². The molecular weight excluding hydrogens is 190 g/mol. The maximum absolute atomic E-state index is 10.7. The first-order valence-corrected chi connectivity index (χ1v) is 4.55. The van der Waals surface area contributed by atoms with Gasteiger partial charge in [-0.25, -0.2) is 4.98 Å². The Morgan fingerprint density at radius 3 is 3.00 bits per heavy atom. The van der Waals surface area contributed by atoms with Crippen LogP contribution < -0.4 is 0 Å². The number of pyridine rings is 1. The van der Waals surface area contributed by atoms with Gasteiger partial charge >= 0.3 is 0 Å². The molecule has 0 amide bonds. The highest BCUT2D eigenvalue weighted by Crippen LogP contribution is 2.20. The minimum atomic E-state index is 0.645. The third kappa shape index (κ3) is 1.11. The number of rotatable bonds is 1. The van der Waals surface area contributed by atoms with E-state index in [0.29, 0.717) is 5.56 Å². The molecule has 0 aliphatic heterocycles. The second-order valence-electron chi connectivity index (χ2n) is 3.32. The van der Waals surface area contributed by atoms with Crippen molar-refractivity contribution in [2.45, 2.75) is 0 Å². The molecule has 0 saturated heterocycles. The monoisotopic (exact) mass is 197 g/mol. The zero-order valence-corrected chi connectivity index (χ0v) is 7.77. The van der Waals surface area contributed by atoms with Gasteiger partial charge in [-0.3, -0.25) is 9.78 Å². The van der Waals surface area contributed by atoms with Crippen LogP contribution in [0.25, 0.3) is 21.9 Å². The first-order chi connectivity index (χ1) is 7.38. The summed E-state index contributed by atoms with van der Waals surface area (Å²) in [6.45, 7) is 0. The number of nitrogens with zero attached hydrogens (tertiary/aromatic N) is 2. The highest BCUT2D eigenvalue weighted by Gasteiger charge is 2.03. The summed E-state index contributed by atoms with van der Waals surface area (Å²) in [6.07, 6.45) is 4.17. The maximum atomic E-state index is 10.7. The highest BCUT2D eigenvalue weighted by atomic mass is 16.1. The van der Waals surface area contributed by atoms with Crippen LogP contribution in [0.5, 0.6) is 0 Å². The largest absolute Gasteiger partial charge is 0.344 e. The number of carbonyl (C=O) groups is 1. The minimum absolute atomic E-state index is 0.645. The molecule has 3 aromatic rings. The standard InChI is InChI=1S/C11H7N3O/c15-5-7-1-2-9-8(3-7)11-10(4-12-9)13-6-14-11/h1-6H,(H,13,14). The summed E-state index contributed by atoms with van der Waals surface area (Å²) in [6, 6.07) is 5.40. The van der Waals surface area contributed by atoms with Gasteiger partial charge in [0.15, 0.2) is 0 Å². The lowest BCUT2D eigenvalue weighted by Gasteiger charge is -1.98. The van der Waals surface area contributed by atoms with E-state index in [4.69, 9.17) is 0 Å². The molecule has 0 aliphatic carbocycles. The first kappa shape index (κ1) is 8.11. The molecule has 0 bridgehead atoms.